The zero-order valence-electron chi connectivity index (χ0n) is 11.5. The molecule has 116 valence electrons. The average Bonchev–Trinajstić information content (AvgIpc) is 2.48. The predicted octanol–water partition coefficient (Wildman–Crippen LogP) is 4.31. The fourth-order valence-electron chi connectivity index (χ4n) is 1.82. The van der Waals surface area contributed by atoms with Crippen LogP contribution >= 0.6 is 15.9 Å². The summed E-state index contributed by atoms with van der Waals surface area (Å²) in [4.78, 5) is 12.3. The minimum absolute atomic E-state index is 0.111. The number of halogens is 3. The summed E-state index contributed by atoms with van der Waals surface area (Å²) in [6.45, 7) is -2.97. The number of methoxy groups -OCH3 is 1. The predicted molar refractivity (Wildman–Crippen MR) is 81.7 cm³/mol. The summed E-state index contributed by atoms with van der Waals surface area (Å²) < 4.78 is 34.9. The highest BCUT2D eigenvalue weighted by Crippen LogP contribution is 2.28. The first kappa shape index (κ1) is 16.2. The highest BCUT2D eigenvalue weighted by Gasteiger charge is 2.16. The summed E-state index contributed by atoms with van der Waals surface area (Å²) in [5.74, 6) is -0.240. The number of carbonyl (C=O) groups is 1. The molecule has 0 spiro atoms. The Balaban J connectivity index is 2.28. The maximum absolute atomic E-state index is 12.4. The van der Waals surface area contributed by atoms with E-state index in [0.29, 0.717) is 10.2 Å². The summed E-state index contributed by atoms with van der Waals surface area (Å²) >= 11 is 3.27. The van der Waals surface area contributed by atoms with Gasteiger partial charge in [-0.15, -0.1) is 0 Å². The van der Waals surface area contributed by atoms with Crippen molar-refractivity contribution in [1.29, 1.82) is 0 Å². The van der Waals surface area contributed by atoms with Crippen molar-refractivity contribution in [3.05, 3.63) is 52.5 Å². The lowest BCUT2D eigenvalue weighted by Gasteiger charge is -2.13. The van der Waals surface area contributed by atoms with Gasteiger partial charge in [0.05, 0.1) is 18.4 Å². The molecule has 1 amide bonds. The van der Waals surface area contributed by atoms with Gasteiger partial charge in [0.1, 0.15) is 11.5 Å². The molecule has 0 aromatic heterocycles. The Hall–Kier alpha value is -2.15. The number of para-hydroxylation sites is 2. The fourth-order valence-corrected chi connectivity index (χ4v) is 2.18. The van der Waals surface area contributed by atoms with E-state index in [2.05, 4.69) is 26.0 Å². The molecule has 0 unspecified atom stereocenters. The topological polar surface area (TPSA) is 47.6 Å². The molecule has 22 heavy (non-hydrogen) atoms. The highest BCUT2D eigenvalue weighted by atomic mass is 79.9. The second-order valence-electron chi connectivity index (χ2n) is 4.17. The normalized spacial score (nSPS) is 10.4. The number of rotatable bonds is 5. The lowest BCUT2D eigenvalue weighted by atomic mass is 10.2. The van der Waals surface area contributed by atoms with Gasteiger partial charge in [-0.05, 0) is 30.3 Å². The molecule has 0 aliphatic carbocycles. The van der Waals surface area contributed by atoms with Crippen LogP contribution in [0.4, 0.5) is 14.5 Å². The fraction of sp³-hybridized carbons (Fsp3) is 0.133. The molecule has 7 heteroatoms. The summed E-state index contributed by atoms with van der Waals surface area (Å²) in [5.41, 5.74) is 0.415. The maximum Gasteiger partial charge on any atom is 0.387 e. The summed E-state index contributed by atoms with van der Waals surface area (Å²) in [7, 11) is 1.44. The molecule has 0 atom stereocenters. The number of hydrogen-bond donors (Lipinski definition) is 1. The van der Waals surface area contributed by atoms with Gasteiger partial charge in [0, 0.05) is 4.47 Å². The molecule has 0 bridgehead atoms. The van der Waals surface area contributed by atoms with E-state index < -0.39 is 12.5 Å². The summed E-state index contributed by atoms with van der Waals surface area (Å²) in [6, 6.07) is 10.9. The number of carbonyl (C=O) groups excluding carboxylic acids is 1. The zero-order chi connectivity index (χ0) is 16.1. The number of benzene rings is 2. The van der Waals surface area contributed by atoms with E-state index in [4.69, 9.17) is 4.74 Å². The van der Waals surface area contributed by atoms with Crippen LogP contribution < -0.4 is 14.8 Å². The van der Waals surface area contributed by atoms with Crippen molar-refractivity contribution >= 4 is 27.5 Å². The zero-order valence-corrected chi connectivity index (χ0v) is 13.1. The largest absolute Gasteiger partial charge is 0.496 e. The van der Waals surface area contributed by atoms with Crippen molar-refractivity contribution in [2.24, 2.45) is 0 Å². The van der Waals surface area contributed by atoms with Gasteiger partial charge in [-0.2, -0.15) is 8.78 Å². The molecule has 0 aliphatic rings. The van der Waals surface area contributed by atoms with Crippen LogP contribution in [0.1, 0.15) is 10.4 Å². The summed E-state index contributed by atoms with van der Waals surface area (Å²) in [6.07, 6.45) is 0. The molecule has 2 aromatic carbocycles. The summed E-state index contributed by atoms with van der Waals surface area (Å²) in [5, 5.41) is 2.54. The molecule has 2 rings (SSSR count). The van der Waals surface area contributed by atoms with Crippen molar-refractivity contribution in [3.63, 3.8) is 0 Å². The first-order chi connectivity index (χ1) is 10.5. The second-order valence-corrected chi connectivity index (χ2v) is 5.09. The van der Waals surface area contributed by atoms with E-state index >= 15 is 0 Å². The molecule has 2 aromatic rings. The number of anilines is 1. The minimum atomic E-state index is -2.97. The Morgan fingerprint density at radius 3 is 2.59 bits per heavy atom. The van der Waals surface area contributed by atoms with Crippen LogP contribution in [0.15, 0.2) is 46.9 Å². The second kappa shape index (κ2) is 7.22. The molecular weight excluding hydrogens is 360 g/mol. The molecule has 0 heterocycles. The van der Waals surface area contributed by atoms with Gasteiger partial charge in [0.15, 0.2) is 0 Å². The first-order valence-corrected chi connectivity index (χ1v) is 6.99. The highest BCUT2D eigenvalue weighted by molar-refractivity contribution is 9.10. The quantitative estimate of drug-likeness (QED) is 0.851. The third-order valence-corrected chi connectivity index (χ3v) is 3.25. The van der Waals surface area contributed by atoms with E-state index in [1.807, 2.05) is 0 Å². The number of ether oxygens (including phenoxy) is 2. The van der Waals surface area contributed by atoms with E-state index in [1.165, 1.54) is 25.3 Å². The van der Waals surface area contributed by atoms with E-state index in [1.54, 1.807) is 24.3 Å². The van der Waals surface area contributed by atoms with Gasteiger partial charge < -0.3 is 14.8 Å². The van der Waals surface area contributed by atoms with Crippen molar-refractivity contribution in [2.45, 2.75) is 6.61 Å². The molecule has 0 fully saturated rings. The van der Waals surface area contributed by atoms with E-state index in [0.717, 1.165) is 0 Å². The van der Waals surface area contributed by atoms with Gasteiger partial charge >= 0.3 is 6.61 Å². The van der Waals surface area contributed by atoms with Crippen molar-refractivity contribution in [1.82, 2.24) is 0 Å². The molecule has 0 aliphatic heterocycles. The third-order valence-electron chi connectivity index (χ3n) is 2.76. The van der Waals surface area contributed by atoms with Crippen molar-refractivity contribution in [3.8, 4) is 11.5 Å². The van der Waals surface area contributed by atoms with Gasteiger partial charge in [0.25, 0.3) is 5.91 Å². The van der Waals surface area contributed by atoms with Crippen LogP contribution in [0.5, 0.6) is 11.5 Å². The minimum Gasteiger partial charge on any atom is -0.496 e. The molecule has 4 nitrogen and oxygen atoms in total. The van der Waals surface area contributed by atoms with Crippen molar-refractivity contribution < 1.29 is 23.0 Å². The SMILES string of the molecule is COc1ccc(Br)cc1C(=O)Nc1ccccc1OC(F)F. The van der Waals surface area contributed by atoms with E-state index in [-0.39, 0.29) is 17.0 Å². The van der Waals surface area contributed by atoms with E-state index in [9.17, 15) is 13.6 Å². The molecule has 0 saturated carbocycles. The lowest BCUT2D eigenvalue weighted by Crippen LogP contribution is -2.15. The van der Waals surface area contributed by atoms with Gasteiger partial charge in [-0.1, -0.05) is 28.1 Å². The van der Waals surface area contributed by atoms with Gasteiger partial charge in [0.2, 0.25) is 0 Å². The molecule has 0 saturated heterocycles. The first-order valence-electron chi connectivity index (χ1n) is 6.20. The number of nitrogens with one attached hydrogen (secondary N) is 1. The van der Waals surface area contributed by atoms with Crippen LogP contribution in [-0.4, -0.2) is 19.6 Å². The smallest absolute Gasteiger partial charge is 0.387 e. The van der Waals surface area contributed by atoms with Crippen LogP contribution in [0.3, 0.4) is 0 Å². The Kier molecular flexibility index (Phi) is 5.32. The Bertz CT molecular complexity index is 680. The monoisotopic (exact) mass is 371 g/mol. The van der Waals surface area contributed by atoms with Crippen LogP contribution in [0, 0.1) is 0 Å². The standard InChI is InChI=1S/C15H12BrF2NO3/c1-21-12-7-6-9(16)8-10(12)14(20)19-11-4-2-3-5-13(11)22-15(17)18/h2-8,15H,1H3,(H,19,20). The molecule has 0 radical (unpaired) electrons. The Morgan fingerprint density at radius 2 is 1.91 bits per heavy atom. The van der Waals surface area contributed by atoms with Crippen LogP contribution in [0.2, 0.25) is 0 Å². The molecular formula is C15H12BrF2NO3. The van der Waals surface area contributed by atoms with Gasteiger partial charge in [-0.3, -0.25) is 4.79 Å². The van der Waals surface area contributed by atoms with Gasteiger partial charge in [-0.25, -0.2) is 0 Å². The average molecular weight is 372 g/mol. The third kappa shape index (κ3) is 3.94. The van der Waals surface area contributed by atoms with Crippen LogP contribution in [-0.2, 0) is 0 Å². The maximum atomic E-state index is 12.4. The number of hydrogen-bond acceptors (Lipinski definition) is 3. The number of alkyl halides is 2. The van der Waals surface area contributed by atoms with Crippen molar-refractivity contribution in [2.75, 3.05) is 12.4 Å². The molecule has 1 N–H and O–H groups in total. The van der Waals surface area contributed by atoms with Crippen LogP contribution in [0.25, 0.3) is 0 Å². The number of amides is 1. The Morgan fingerprint density at radius 1 is 1.18 bits per heavy atom. The Labute approximate surface area is 134 Å². The lowest BCUT2D eigenvalue weighted by molar-refractivity contribution is -0.0493.